The van der Waals surface area contributed by atoms with Gasteiger partial charge in [0.25, 0.3) is 0 Å². The molecule has 0 aromatic carbocycles. The fourth-order valence-corrected chi connectivity index (χ4v) is 3.94. The minimum atomic E-state index is 0. The second kappa shape index (κ2) is 7.49. The van der Waals surface area contributed by atoms with Crippen molar-refractivity contribution in [2.75, 3.05) is 32.4 Å². The van der Waals surface area contributed by atoms with Crippen LogP contribution < -0.4 is 5.32 Å². The Morgan fingerprint density at radius 1 is 1.41 bits per heavy atom. The number of likely N-dealkylation sites (tertiary alicyclic amines) is 1. The molecule has 1 N–H and O–H groups in total. The number of hydrogen-bond acceptors (Lipinski definition) is 3. The second-order valence-electron chi connectivity index (χ2n) is 4.85. The van der Waals surface area contributed by atoms with Crippen molar-refractivity contribution in [3.05, 3.63) is 0 Å². The monoisotopic (exact) mass is 278 g/mol. The lowest BCUT2D eigenvalue weighted by molar-refractivity contribution is -0.132. The number of halogens is 1. The molecular weight excluding hydrogens is 256 g/mol. The van der Waals surface area contributed by atoms with E-state index in [4.69, 9.17) is 0 Å². The first kappa shape index (κ1) is 15.1. The normalized spacial score (nSPS) is 28.9. The van der Waals surface area contributed by atoms with Crippen LogP contribution in [0, 0.1) is 5.92 Å². The number of nitrogens with zero attached hydrogens (tertiary/aromatic N) is 1. The van der Waals surface area contributed by atoms with Crippen molar-refractivity contribution in [1.29, 1.82) is 0 Å². The standard InChI is InChI=1S/C12H22N2OS.ClH/c1-13-8-10-4-2-6-14(9-10)12(15)11-5-3-7-16-11;/h10-11,13H,2-9H2,1H3;1H. The molecule has 5 heteroatoms. The average Bonchev–Trinajstić information content (AvgIpc) is 2.82. The number of piperidine rings is 1. The van der Waals surface area contributed by atoms with Gasteiger partial charge in [-0.15, -0.1) is 24.2 Å². The quantitative estimate of drug-likeness (QED) is 0.854. The molecule has 0 saturated carbocycles. The van der Waals surface area contributed by atoms with Crippen LogP contribution in [0.1, 0.15) is 25.7 Å². The maximum absolute atomic E-state index is 12.2. The van der Waals surface area contributed by atoms with Gasteiger partial charge >= 0.3 is 0 Å². The van der Waals surface area contributed by atoms with Gasteiger partial charge in [0.15, 0.2) is 0 Å². The lowest BCUT2D eigenvalue weighted by Crippen LogP contribution is -2.45. The van der Waals surface area contributed by atoms with Crippen molar-refractivity contribution >= 4 is 30.1 Å². The van der Waals surface area contributed by atoms with Gasteiger partial charge in [0.2, 0.25) is 5.91 Å². The minimum absolute atomic E-state index is 0. The summed E-state index contributed by atoms with van der Waals surface area (Å²) in [6.45, 7) is 2.99. The number of thioether (sulfide) groups is 1. The molecule has 1 amide bonds. The van der Waals surface area contributed by atoms with Gasteiger partial charge < -0.3 is 10.2 Å². The van der Waals surface area contributed by atoms with E-state index in [1.165, 1.54) is 25.0 Å². The summed E-state index contributed by atoms with van der Waals surface area (Å²) in [6.07, 6.45) is 4.75. The Morgan fingerprint density at radius 3 is 2.88 bits per heavy atom. The van der Waals surface area contributed by atoms with Crippen LogP contribution in [0.15, 0.2) is 0 Å². The molecule has 2 atom stereocenters. The molecule has 0 aromatic rings. The SMILES string of the molecule is CNCC1CCCN(C(=O)C2CCCS2)C1.Cl. The Labute approximate surface area is 114 Å². The number of amides is 1. The lowest BCUT2D eigenvalue weighted by atomic mass is 9.97. The lowest BCUT2D eigenvalue weighted by Gasteiger charge is -2.34. The van der Waals surface area contributed by atoms with Crippen molar-refractivity contribution in [2.24, 2.45) is 5.92 Å². The number of carbonyl (C=O) groups excluding carboxylic acids is 1. The van der Waals surface area contributed by atoms with Gasteiger partial charge in [0.1, 0.15) is 0 Å². The van der Waals surface area contributed by atoms with Gasteiger partial charge in [0, 0.05) is 13.1 Å². The largest absolute Gasteiger partial charge is 0.341 e. The van der Waals surface area contributed by atoms with Crippen LogP contribution in [-0.4, -0.2) is 48.5 Å². The Hall–Kier alpha value is 0.0700. The molecule has 2 rings (SSSR count). The first-order valence-electron chi connectivity index (χ1n) is 6.36. The predicted molar refractivity (Wildman–Crippen MR) is 76.0 cm³/mol. The van der Waals surface area contributed by atoms with E-state index in [0.717, 1.165) is 26.1 Å². The zero-order chi connectivity index (χ0) is 11.4. The minimum Gasteiger partial charge on any atom is -0.341 e. The van der Waals surface area contributed by atoms with Crippen LogP contribution in [0.3, 0.4) is 0 Å². The molecule has 0 aromatic heterocycles. The molecule has 0 bridgehead atoms. The molecule has 2 fully saturated rings. The van der Waals surface area contributed by atoms with Crippen LogP contribution in [0.2, 0.25) is 0 Å². The summed E-state index contributed by atoms with van der Waals surface area (Å²) >= 11 is 1.85. The van der Waals surface area contributed by atoms with Gasteiger partial charge in [-0.2, -0.15) is 0 Å². The molecule has 0 spiro atoms. The Bertz CT molecular complexity index is 245. The van der Waals surface area contributed by atoms with E-state index in [2.05, 4.69) is 10.2 Å². The summed E-state index contributed by atoms with van der Waals surface area (Å²) < 4.78 is 0. The van der Waals surface area contributed by atoms with Crippen LogP contribution in [-0.2, 0) is 4.79 Å². The van der Waals surface area contributed by atoms with Gasteiger partial charge in [-0.1, -0.05) is 0 Å². The summed E-state index contributed by atoms with van der Waals surface area (Å²) in [5, 5.41) is 3.49. The van der Waals surface area contributed by atoms with E-state index < -0.39 is 0 Å². The molecule has 2 aliphatic heterocycles. The molecule has 0 radical (unpaired) electrons. The summed E-state index contributed by atoms with van der Waals surface area (Å²) in [7, 11) is 1.99. The molecule has 100 valence electrons. The summed E-state index contributed by atoms with van der Waals surface area (Å²) in [4.78, 5) is 14.3. The number of hydrogen-bond donors (Lipinski definition) is 1. The third-order valence-corrected chi connectivity index (χ3v) is 4.89. The molecule has 0 aliphatic carbocycles. The fourth-order valence-electron chi connectivity index (χ4n) is 2.70. The molecule has 2 heterocycles. The third kappa shape index (κ3) is 4.04. The summed E-state index contributed by atoms with van der Waals surface area (Å²) in [5.74, 6) is 2.24. The van der Waals surface area contributed by atoms with Crippen LogP contribution in [0.5, 0.6) is 0 Å². The second-order valence-corrected chi connectivity index (χ2v) is 6.16. The van der Waals surface area contributed by atoms with E-state index in [1.54, 1.807) is 0 Å². The van der Waals surface area contributed by atoms with Crippen molar-refractivity contribution in [2.45, 2.75) is 30.9 Å². The van der Waals surface area contributed by atoms with E-state index in [-0.39, 0.29) is 17.7 Å². The number of rotatable bonds is 3. The number of nitrogens with one attached hydrogen (secondary N) is 1. The molecule has 17 heavy (non-hydrogen) atoms. The summed E-state index contributed by atoms with van der Waals surface area (Å²) in [6, 6.07) is 0. The van der Waals surface area contributed by atoms with Crippen LogP contribution in [0.4, 0.5) is 0 Å². The van der Waals surface area contributed by atoms with Crippen LogP contribution in [0.25, 0.3) is 0 Å². The highest BCUT2D eigenvalue weighted by molar-refractivity contribution is 8.00. The molecule has 2 saturated heterocycles. The Kier molecular flexibility index (Phi) is 6.67. The van der Waals surface area contributed by atoms with Gasteiger partial charge in [-0.05, 0) is 50.9 Å². The third-order valence-electron chi connectivity index (χ3n) is 3.53. The van der Waals surface area contributed by atoms with Crippen LogP contribution >= 0.6 is 24.2 Å². The summed E-state index contributed by atoms with van der Waals surface area (Å²) in [5.41, 5.74) is 0. The van der Waals surface area contributed by atoms with Crippen molar-refractivity contribution in [3.63, 3.8) is 0 Å². The predicted octanol–water partition coefficient (Wildman–Crippen LogP) is 1.76. The van der Waals surface area contributed by atoms with E-state index >= 15 is 0 Å². The average molecular weight is 279 g/mol. The molecule has 2 aliphatic rings. The van der Waals surface area contributed by atoms with E-state index in [0.29, 0.717) is 11.8 Å². The van der Waals surface area contributed by atoms with Gasteiger partial charge in [-0.3, -0.25) is 4.79 Å². The van der Waals surface area contributed by atoms with E-state index in [9.17, 15) is 4.79 Å². The highest BCUT2D eigenvalue weighted by Crippen LogP contribution is 2.29. The van der Waals surface area contributed by atoms with Crippen molar-refractivity contribution in [3.8, 4) is 0 Å². The van der Waals surface area contributed by atoms with Gasteiger partial charge in [0.05, 0.1) is 5.25 Å². The maximum Gasteiger partial charge on any atom is 0.235 e. The van der Waals surface area contributed by atoms with Gasteiger partial charge in [-0.25, -0.2) is 0 Å². The Morgan fingerprint density at radius 2 is 2.24 bits per heavy atom. The highest BCUT2D eigenvalue weighted by Gasteiger charge is 2.30. The molecule has 2 unspecified atom stereocenters. The fraction of sp³-hybridized carbons (Fsp3) is 0.917. The van der Waals surface area contributed by atoms with E-state index in [1.807, 2.05) is 18.8 Å². The topological polar surface area (TPSA) is 32.3 Å². The zero-order valence-corrected chi connectivity index (χ0v) is 12.1. The first-order chi connectivity index (χ1) is 7.81. The van der Waals surface area contributed by atoms with Crippen molar-refractivity contribution < 1.29 is 4.79 Å². The number of carbonyl (C=O) groups is 1. The van der Waals surface area contributed by atoms with Crippen molar-refractivity contribution in [1.82, 2.24) is 10.2 Å². The Balaban J connectivity index is 0.00000144. The smallest absolute Gasteiger partial charge is 0.235 e. The highest BCUT2D eigenvalue weighted by atomic mass is 35.5. The molecule has 3 nitrogen and oxygen atoms in total. The molecular formula is C12H23ClN2OS. The first-order valence-corrected chi connectivity index (χ1v) is 7.41. The zero-order valence-electron chi connectivity index (χ0n) is 10.5. The maximum atomic E-state index is 12.2.